The standard InChI is InChI=1S/C55H67Cl2F3N8O6S2/c1-36-31-48(37(2)30-43(36)56)76(73,74)68-29-27-65-23-10-17-46(65)52(68)50(54(70)62-33-41-20-25-63(35-41)34-40-14-6-5-7-15-40)49(53(69)61-21-11-24-66-38(3)12-8-13-39(66)4)51-45-16-9-22-64(45)26-28-67(51)75(71,72)47-19-18-42(32-44(47)57)55(58,59)60/h5-7,9-10,14-19,22-23,30-32,38-39,41,49-52H,8,11-13,20-21,24-29,33-35H2,1-4H3,(H,61,69)(H,62,70). The largest absolute Gasteiger partial charge is 0.416 e. The van der Waals surface area contributed by atoms with Crippen LogP contribution in [0.4, 0.5) is 13.2 Å². The van der Waals surface area contributed by atoms with Gasteiger partial charge >= 0.3 is 6.18 Å². The maximum Gasteiger partial charge on any atom is 0.416 e. The summed E-state index contributed by atoms with van der Waals surface area (Å²) in [5.41, 5.74) is 1.59. The van der Waals surface area contributed by atoms with E-state index in [0.29, 0.717) is 77.8 Å². The van der Waals surface area contributed by atoms with Crippen LogP contribution in [0.2, 0.25) is 10.0 Å². The average molecular weight is 1130 g/mol. The van der Waals surface area contributed by atoms with Crippen LogP contribution < -0.4 is 10.6 Å². The number of sulfonamides is 2. The first-order valence-corrected chi connectivity index (χ1v) is 29.8. The highest BCUT2D eigenvalue weighted by Gasteiger charge is 2.55. The van der Waals surface area contributed by atoms with Crippen LogP contribution in [0.5, 0.6) is 0 Å². The summed E-state index contributed by atoms with van der Waals surface area (Å²) >= 11 is 13.1. The highest BCUT2D eigenvalue weighted by molar-refractivity contribution is 7.89. The first-order valence-electron chi connectivity index (χ1n) is 26.2. The number of alkyl halides is 3. The number of aryl methyl sites for hydroxylation is 2. The Labute approximate surface area is 454 Å². The van der Waals surface area contributed by atoms with E-state index in [1.807, 2.05) is 22.8 Å². The predicted molar refractivity (Wildman–Crippen MR) is 286 cm³/mol. The maximum absolute atomic E-state index is 16.1. The van der Waals surface area contributed by atoms with Crippen molar-refractivity contribution in [2.75, 3.05) is 45.8 Å². The van der Waals surface area contributed by atoms with E-state index in [9.17, 15) is 13.2 Å². The summed E-state index contributed by atoms with van der Waals surface area (Å²) in [5.74, 6) is -4.70. The molecule has 3 aromatic carbocycles. The molecular formula is C55H67Cl2F3N8O6S2. The molecule has 4 aliphatic heterocycles. The van der Waals surface area contributed by atoms with Gasteiger partial charge in [0.1, 0.15) is 4.90 Å². The van der Waals surface area contributed by atoms with Crippen LogP contribution in [0.15, 0.2) is 107 Å². The summed E-state index contributed by atoms with van der Waals surface area (Å²) in [4.78, 5) is 36.1. The molecule has 9 rings (SSSR count). The Morgan fingerprint density at radius 3 is 1.87 bits per heavy atom. The van der Waals surface area contributed by atoms with Crippen molar-refractivity contribution in [2.24, 2.45) is 17.8 Å². The molecule has 4 aliphatic rings. The predicted octanol–water partition coefficient (Wildman–Crippen LogP) is 9.06. The fourth-order valence-electron chi connectivity index (χ4n) is 12.2. The van der Waals surface area contributed by atoms with E-state index in [1.54, 1.807) is 61.1 Å². The topological polar surface area (TPSA) is 149 Å². The van der Waals surface area contributed by atoms with Crippen LogP contribution in [0, 0.1) is 31.6 Å². The number of amides is 2. The molecular weight excluding hydrogens is 1060 g/mol. The monoisotopic (exact) mass is 1130 g/mol. The van der Waals surface area contributed by atoms with Crippen molar-refractivity contribution in [1.29, 1.82) is 0 Å². The number of halogens is 5. The molecule has 2 amide bonds. The molecule has 5 aromatic rings. The number of hydrogen-bond acceptors (Lipinski definition) is 8. The van der Waals surface area contributed by atoms with Crippen LogP contribution in [0.3, 0.4) is 0 Å². The van der Waals surface area contributed by atoms with Gasteiger partial charge in [-0.3, -0.25) is 19.4 Å². The van der Waals surface area contributed by atoms with Gasteiger partial charge < -0.3 is 19.8 Å². The van der Waals surface area contributed by atoms with Crippen molar-refractivity contribution in [2.45, 2.75) is 120 Å². The number of fused-ring (bicyclic) bond motifs is 2. The van der Waals surface area contributed by atoms with Crippen LogP contribution in [0.25, 0.3) is 0 Å². The fraction of sp³-hybridized carbons (Fsp3) is 0.491. The van der Waals surface area contributed by atoms with Gasteiger partial charge in [-0.1, -0.05) is 60.0 Å². The minimum atomic E-state index is -4.90. The third kappa shape index (κ3) is 11.5. The van der Waals surface area contributed by atoms with Gasteiger partial charge in [0.15, 0.2) is 0 Å². The second-order valence-corrected chi connectivity index (χ2v) is 25.6. The zero-order chi connectivity index (χ0) is 54.3. The molecule has 14 nitrogen and oxygen atoms in total. The van der Waals surface area contributed by atoms with Crippen LogP contribution in [0.1, 0.15) is 91.7 Å². The van der Waals surface area contributed by atoms with Crippen molar-refractivity contribution in [3.8, 4) is 0 Å². The van der Waals surface area contributed by atoms with Crippen molar-refractivity contribution in [3.05, 3.63) is 141 Å². The summed E-state index contributed by atoms with van der Waals surface area (Å²) in [7, 11) is -9.45. The average Bonchev–Trinajstić information content (AvgIpc) is 4.27. The van der Waals surface area contributed by atoms with E-state index in [1.165, 1.54) is 10.4 Å². The molecule has 0 saturated carbocycles. The zero-order valence-corrected chi connectivity index (χ0v) is 46.4. The van der Waals surface area contributed by atoms with Crippen molar-refractivity contribution in [3.63, 3.8) is 0 Å². The number of carbonyl (C=O) groups excluding carboxylic acids is 2. The second-order valence-electron chi connectivity index (χ2n) is 21.1. The Morgan fingerprint density at radius 1 is 0.684 bits per heavy atom. The number of nitrogens with zero attached hydrogens (tertiary/aromatic N) is 6. The number of likely N-dealkylation sites (tertiary alicyclic amines) is 2. The van der Waals surface area contributed by atoms with Gasteiger partial charge in [-0.2, -0.15) is 21.8 Å². The molecule has 21 heteroatoms. The third-order valence-electron chi connectivity index (χ3n) is 16.1. The van der Waals surface area contributed by atoms with Gasteiger partial charge in [-0.25, -0.2) is 16.8 Å². The second kappa shape index (κ2) is 22.9. The van der Waals surface area contributed by atoms with Crippen LogP contribution >= 0.6 is 23.2 Å². The lowest BCUT2D eigenvalue weighted by Gasteiger charge is -2.46. The van der Waals surface area contributed by atoms with Gasteiger partial charge in [0.25, 0.3) is 0 Å². The minimum Gasteiger partial charge on any atom is -0.356 e. The quantitative estimate of drug-likeness (QED) is 0.0877. The first kappa shape index (κ1) is 56.0. The lowest BCUT2D eigenvalue weighted by molar-refractivity contribution is -0.140. The summed E-state index contributed by atoms with van der Waals surface area (Å²) in [6.07, 6.45) is 3.12. The smallest absolute Gasteiger partial charge is 0.356 e. The van der Waals surface area contributed by atoms with Crippen molar-refractivity contribution in [1.82, 2.24) is 38.2 Å². The highest BCUT2D eigenvalue weighted by Crippen LogP contribution is 2.49. The van der Waals surface area contributed by atoms with E-state index < -0.39 is 77.4 Å². The number of aromatic nitrogens is 2. The van der Waals surface area contributed by atoms with Crippen LogP contribution in [-0.4, -0.2) is 114 Å². The molecule has 7 atom stereocenters. The normalized spacial score (nSPS) is 22.9. The first-order chi connectivity index (χ1) is 36.1. The molecule has 0 radical (unpaired) electrons. The Bertz CT molecular complexity index is 3130. The van der Waals surface area contributed by atoms with E-state index in [0.717, 1.165) is 48.2 Å². The molecule has 6 heterocycles. The van der Waals surface area contributed by atoms with E-state index >= 15 is 26.4 Å². The fourth-order valence-corrected chi connectivity index (χ4v) is 16.4. The summed E-state index contributed by atoms with van der Waals surface area (Å²) in [6, 6.07) is 19.7. The molecule has 0 aliphatic carbocycles. The molecule has 7 unspecified atom stereocenters. The number of piperidine rings is 1. The van der Waals surface area contributed by atoms with Gasteiger partial charge in [-0.05, 0) is 137 Å². The minimum absolute atomic E-state index is 0.0273. The molecule has 0 spiro atoms. The number of benzene rings is 3. The molecule has 410 valence electrons. The molecule has 76 heavy (non-hydrogen) atoms. The van der Waals surface area contributed by atoms with Crippen molar-refractivity contribution >= 4 is 55.1 Å². The van der Waals surface area contributed by atoms with Gasteiger partial charge in [0, 0.05) is 99.8 Å². The Morgan fingerprint density at radius 2 is 1.28 bits per heavy atom. The zero-order valence-electron chi connectivity index (χ0n) is 43.2. The number of carbonyl (C=O) groups is 2. The van der Waals surface area contributed by atoms with E-state index in [4.69, 9.17) is 23.2 Å². The van der Waals surface area contributed by atoms with Gasteiger partial charge in [0.2, 0.25) is 31.9 Å². The highest BCUT2D eigenvalue weighted by atomic mass is 35.5. The Balaban J connectivity index is 1.19. The lowest BCUT2D eigenvalue weighted by Crippen LogP contribution is -2.57. The molecule has 2 fully saturated rings. The van der Waals surface area contributed by atoms with Gasteiger partial charge in [-0.15, -0.1) is 0 Å². The van der Waals surface area contributed by atoms with E-state index in [-0.39, 0.29) is 50.1 Å². The number of hydrogen-bond donors (Lipinski definition) is 2. The van der Waals surface area contributed by atoms with Crippen LogP contribution in [-0.2, 0) is 55.4 Å². The van der Waals surface area contributed by atoms with Gasteiger partial charge in [0.05, 0.1) is 39.4 Å². The Kier molecular flexibility index (Phi) is 16.9. The Hall–Kier alpha value is -4.73. The summed E-state index contributed by atoms with van der Waals surface area (Å²) in [5, 5.41) is 6.00. The summed E-state index contributed by atoms with van der Waals surface area (Å²) < 4.78 is 110. The molecule has 2 N–H and O–H groups in total. The number of rotatable bonds is 17. The molecule has 2 aromatic heterocycles. The third-order valence-corrected chi connectivity index (χ3v) is 20.9. The maximum atomic E-state index is 16.1. The lowest BCUT2D eigenvalue weighted by atomic mass is 9.76. The SMILES string of the molecule is Cc1cc(S(=O)(=O)N2CCn3cccc3C2C(C(=O)NCC2CCN(Cc3ccccc3)C2)C(C(=O)NCCCN2C(C)CCCC2C)C2c3cccn3CCN2S(=O)(=O)c2ccc(C(F)(F)F)cc2Cl)c(C)cc1Cl. The molecule has 2 saturated heterocycles. The van der Waals surface area contributed by atoms with E-state index in [2.05, 4.69) is 46.4 Å². The molecule has 0 bridgehead atoms. The summed E-state index contributed by atoms with van der Waals surface area (Å²) in [6.45, 7) is 10.7. The van der Waals surface area contributed by atoms with Crippen molar-refractivity contribution < 1.29 is 39.6 Å². The number of nitrogens with one attached hydrogen (secondary N) is 2.